The Morgan fingerprint density at radius 1 is 1.32 bits per heavy atom. The van der Waals surface area contributed by atoms with Gasteiger partial charge >= 0.3 is 12.0 Å². The number of hydrogen-bond acceptors (Lipinski definition) is 6. The van der Waals surface area contributed by atoms with Crippen LogP contribution in [0.2, 0.25) is 0 Å². The van der Waals surface area contributed by atoms with E-state index in [4.69, 9.17) is 14.2 Å². The fourth-order valence-corrected chi connectivity index (χ4v) is 2.79. The van der Waals surface area contributed by atoms with Crippen LogP contribution >= 0.6 is 0 Å². The molecule has 0 unspecified atom stereocenters. The molecule has 0 saturated carbocycles. The molecule has 1 atom stereocenters. The van der Waals surface area contributed by atoms with E-state index in [1.165, 1.54) is 0 Å². The Balaban J connectivity index is 1.72. The van der Waals surface area contributed by atoms with Crippen LogP contribution in [0.4, 0.5) is 4.79 Å². The fraction of sp³-hybridized carbons (Fsp3) is 0.471. The zero-order chi connectivity index (χ0) is 18.0. The minimum atomic E-state index is -1.22. The molecule has 0 aromatic heterocycles. The molecule has 134 valence electrons. The second-order valence-electron chi connectivity index (χ2n) is 6.05. The van der Waals surface area contributed by atoms with Gasteiger partial charge in [-0.15, -0.1) is 0 Å². The van der Waals surface area contributed by atoms with Crippen LogP contribution in [0.3, 0.4) is 0 Å². The predicted octanol–water partition coefficient (Wildman–Crippen LogP) is 1.53. The maximum absolute atomic E-state index is 12.8. The number of hydrogen-bond donors (Lipinski definition) is 1. The number of urea groups is 1. The van der Waals surface area contributed by atoms with Crippen molar-refractivity contribution >= 4 is 17.9 Å². The Morgan fingerprint density at radius 2 is 2.08 bits per heavy atom. The Hall–Kier alpha value is -2.77. The van der Waals surface area contributed by atoms with Crippen LogP contribution in [0.1, 0.15) is 32.3 Å². The van der Waals surface area contributed by atoms with E-state index in [1.54, 1.807) is 25.1 Å². The summed E-state index contributed by atoms with van der Waals surface area (Å²) in [6, 6.07) is 4.56. The monoisotopic (exact) mass is 348 g/mol. The summed E-state index contributed by atoms with van der Waals surface area (Å²) in [6.07, 6.45) is 0.688. The van der Waals surface area contributed by atoms with Crippen molar-refractivity contribution in [1.82, 2.24) is 10.2 Å². The van der Waals surface area contributed by atoms with E-state index in [0.29, 0.717) is 23.7 Å². The highest BCUT2D eigenvalue weighted by molar-refractivity contribution is 6.07. The summed E-state index contributed by atoms with van der Waals surface area (Å²) in [5, 5.41) is 2.69. The van der Waals surface area contributed by atoms with Gasteiger partial charge in [0.05, 0.1) is 13.0 Å². The summed E-state index contributed by atoms with van der Waals surface area (Å²) in [5.41, 5.74) is -0.628. The Labute approximate surface area is 145 Å². The third-order valence-corrected chi connectivity index (χ3v) is 4.23. The summed E-state index contributed by atoms with van der Waals surface area (Å²) >= 11 is 0. The number of esters is 1. The van der Waals surface area contributed by atoms with Gasteiger partial charge in [0.25, 0.3) is 5.91 Å². The van der Waals surface area contributed by atoms with Crippen molar-refractivity contribution in [2.75, 3.05) is 19.9 Å². The number of benzene rings is 1. The van der Waals surface area contributed by atoms with Gasteiger partial charge in [-0.05, 0) is 31.0 Å². The zero-order valence-corrected chi connectivity index (χ0v) is 14.2. The lowest BCUT2D eigenvalue weighted by molar-refractivity contribution is -0.144. The van der Waals surface area contributed by atoms with E-state index in [-0.39, 0.29) is 19.8 Å². The van der Waals surface area contributed by atoms with Gasteiger partial charge in [0.2, 0.25) is 6.79 Å². The fourth-order valence-electron chi connectivity index (χ4n) is 2.79. The highest BCUT2D eigenvalue weighted by Crippen LogP contribution is 2.37. The molecule has 0 spiro atoms. The predicted molar refractivity (Wildman–Crippen MR) is 86.0 cm³/mol. The standard InChI is InChI=1S/C17H20N2O6/c1-3-8-23-14(20)6-7-19-15(21)17(2,18-16(19)22)11-4-5-12-13(9-11)25-10-24-12/h4-5,9H,3,6-8,10H2,1-2H3,(H,18,22)/t17-/m0/s1. The summed E-state index contributed by atoms with van der Waals surface area (Å²) in [7, 11) is 0. The molecular formula is C17H20N2O6. The first-order chi connectivity index (χ1) is 12.0. The molecule has 1 aromatic carbocycles. The van der Waals surface area contributed by atoms with Gasteiger partial charge in [-0.3, -0.25) is 14.5 Å². The Kier molecular flexibility index (Phi) is 4.52. The number of ether oxygens (including phenoxy) is 3. The molecule has 0 bridgehead atoms. The number of nitrogens with zero attached hydrogens (tertiary/aromatic N) is 1. The number of nitrogens with one attached hydrogen (secondary N) is 1. The molecule has 0 aliphatic carbocycles. The van der Waals surface area contributed by atoms with Gasteiger partial charge in [0, 0.05) is 6.54 Å². The first kappa shape index (κ1) is 17.1. The number of imide groups is 1. The number of rotatable bonds is 6. The summed E-state index contributed by atoms with van der Waals surface area (Å²) < 4.78 is 15.6. The highest BCUT2D eigenvalue weighted by Gasteiger charge is 2.49. The average molecular weight is 348 g/mol. The molecule has 2 heterocycles. The van der Waals surface area contributed by atoms with E-state index in [9.17, 15) is 14.4 Å². The maximum Gasteiger partial charge on any atom is 0.325 e. The van der Waals surface area contributed by atoms with E-state index in [2.05, 4.69) is 5.32 Å². The largest absolute Gasteiger partial charge is 0.466 e. The van der Waals surface area contributed by atoms with E-state index in [1.807, 2.05) is 6.92 Å². The minimum Gasteiger partial charge on any atom is -0.466 e. The quantitative estimate of drug-likeness (QED) is 0.619. The lowest BCUT2D eigenvalue weighted by Gasteiger charge is -2.22. The van der Waals surface area contributed by atoms with Crippen molar-refractivity contribution in [2.45, 2.75) is 32.2 Å². The van der Waals surface area contributed by atoms with E-state index < -0.39 is 23.4 Å². The highest BCUT2D eigenvalue weighted by atomic mass is 16.7. The third kappa shape index (κ3) is 3.11. The third-order valence-electron chi connectivity index (χ3n) is 4.23. The minimum absolute atomic E-state index is 0.0205. The normalized spacial score (nSPS) is 21.4. The lowest BCUT2D eigenvalue weighted by Crippen LogP contribution is -2.41. The molecule has 1 fully saturated rings. The van der Waals surface area contributed by atoms with E-state index >= 15 is 0 Å². The van der Waals surface area contributed by atoms with Crippen LogP contribution in [0.15, 0.2) is 18.2 Å². The topological polar surface area (TPSA) is 94.2 Å². The molecule has 3 rings (SSSR count). The van der Waals surface area contributed by atoms with Crippen molar-refractivity contribution in [3.05, 3.63) is 23.8 Å². The molecule has 1 saturated heterocycles. The maximum atomic E-state index is 12.8. The molecule has 8 heteroatoms. The van der Waals surface area contributed by atoms with Gasteiger partial charge in [0.1, 0.15) is 5.54 Å². The van der Waals surface area contributed by atoms with Gasteiger partial charge in [-0.1, -0.05) is 13.0 Å². The van der Waals surface area contributed by atoms with Crippen molar-refractivity contribution in [3.63, 3.8) is 0 Å². The van der Waals surface area contributed by atoms with Crippen LogP contribution in [-0.4, -0.2) is 42.8 Å². The van der Waals surface area contributed by atoms with Crippen LogP contribution < -0.4 is 14.8 Å². The van der Waals surface area contributed by atoms with Gasteiger partial charge in [0.15, 0.2) is 11.5 Å². The number of fused-ring (bicyclic) bond motifs is 1. The first-order valence-corrected chi connectivity index (χ1v) is 8.15. The summed E-state index contributed by atoms with van der Waals surface area (Å²) in [5.74, 6) is 0.279. The van der Waals surface area contributed by atoms with Crippen LogP contribution in [-0.2, 0) is 19.9 Å². The van der Waals surface area contributed by atoms with Crippen LogP contribution in [0.5, 0.6) is 11.5 Å². The molecule has 3 amide bonds. The van der Waals surface area contributed by atoms with Crippen molar-refractivity contribution < 1.29 is 28.6 Å². The molecule has 2 aliphatic heterocycles. The van der Waals surface area contributed by atoms with E-state index in [0.717, 1.165) is 11.3 Å². The van der Waals surface area contributed by atoms with Gasteiger partial charge < -0.3 is 19.5 Å². The smallest absolute Gasteiger partial charge is 0.325 e. The lowest BCUT2D eigenvalue weighted by atomic mass is 9.91. The summed E-state index contributed by atoms with van der Waals surface area (Å²) in [6.45, 7) is 3.95. The molecule has 1 N–H and O–H groups in total. The number of carbonyl (C=O) groups is 3. The SMILES string of the molecule is CCCOC(=O)CCN1C(=O)N[C@@](C)(c2ccc3c(c2)OCO3)C1=O. The van der Waals surface area contributed by atoms with Crippen LogP contribution in [0.25, 0.3) is 0 Å². The molecule has 2 aliphatic rings. The number of carbonyl (C=O) groups excluding carboxylic acids is 3. The molecule has 0 radical (unpaired) electrons. The molecule has 1 aromatic rings. The van der Waals surface area contributed by atoms with Crippen molar-refractivity contribution in [1.29, 1.82) is 0 Å². The first-order valence-electron chi connectivity index (χ1n) is 8.15. The zero-order valence-electron chi connectivity index (χ0n) is 14.2. The van der Waals surface area contributed by atoms with Gasteiger partial charge in [-0.2, -0.15) is 0 Å². The second kappa shape index (κ2) is 6.62. The molecule has 8 nitrogen and oxygen atoms in total. The molecular weight excluding hydrogens is 328 g/mol. The van der Waals surface area contributed by atoms with Crippen LogP contribution in [0, 0.1) is 0 Å². The molecule has 25 heavy (non-hydrogen) atoms. The van der Waals surface area contributed by atoms with Crippen molar-refractivity contribution in [3.8, 4) is 11.5 Å². The Bertz CT molecular complexity index is 719. The van der Waals surface area contributed by atoms with Crippen molar-refractivity contribution in [2.24, 2.45) is 0 Å². The number of amides is 3. The second-order valence-corrected chi connectivity index (χ2v) is 6.05. The average Bonchev–Trinajstić information content (AvgIpc) is 3.14. The van der Waals surface area contributed by atoms with Gasteiger partial charge in [-0.25, -0.2) is 4.79 Å². The Morgan fingerprint density at radius 3 is 2.84 bits per heavy atom. The summed E-state index contributed by atoms with van der Waals surface area (Å²) in [4.78, 5) is 37.7.